The van der Waals surface area contributed by atoms with Crippen LogP contribution in [0.3, 0.4) is 0 Å². The van der Waals surface area contributed by atoms with Gasteiger partial charge >= 0.3 is 6.01 Å². The lowest BCUT2D eigenvalue weighted by atomic mass is 9.95. The number of aromatic hydroxyl groups is 1. The molecule has 3 saturated heterocycles. The second-order valence-electron chi connectivity index (χ2n) is 12.7. The van der Waals surface area contributed by atoms with Crippen molar-refractivity contribution in [2.45, 2.75) is 56.5 Å². The number of alkyl halides is 1. The monoisotopic (exact) mass is 631 g/mol. The Hall–Kier alpha value is -4.34. The minimum atomic E-state index is -0.939. The van der Waals surface area contributed by atoms with E-state index in [4.69, 9.17) is 25.6 Å². The van der Waals surface area contributed by atoms with Crippen LogP contribution in [0, 0.1) is 24.0 Å². The number of aromatic nitrogens is 3. The van der Waals surface area contributed by atoms with E-state index in [2.05, 4.69) is 20.8 Å². The topological polar surface area (TPSA) is 93.1 Å². The van der Waals surface area contributed by atoms with Crippen molar-refractivity contribution in [1.82, 2.24) is 19.9 Å². The van der Waals surface area contributed by atoms with Gasteiger partial charge in [0.2, 0.25) is 5.88 Å². The minimum absolute atomic E-state index is 0.0531. The Morgan fingerprint density at radius 1 is 1.15 bits per heavy atom. The summed E-state index contributed by atoms with van der Waals surface area (Å²) in [5, 5.41) is 11.5. The number of hydrogen-bond acceptors (Lipinski definition) is 9. The summed E-state index contributed by atoms with van der Waals surface area (Å²) >= 11 is 0. The Morgan fingerprint density at radius 3 is 2.87 bits per heavy atom. The summed E-state index contributed by atoms with van der Waals surface area (Å²) in [4.78, 5) is 18.2. The van der Waals surface area contributed by atoms with Gasteiger partial charge in [-0.15, -0.1) is 6.42 Å². The molecule has 0 amide bonds. The molecule has 2 aromatic heterocycles. The van der Waals surface area contributed by atoms with E-state index in [0.717, 1.165) is 19.4 Å². The Bertz CT molecular complexity index is 1940. The summed E-state index contributed by atoms with van der Waals surface area (Å²) < 4.78 is 65.0. The van der Waals surface area contributed by atoms with Gasteiger partial charge in [-0.05, 0) is 56.3 Å². The van der Waals surface area contributed by atoms with Crippen molar-refractivity contribution in [3.05, 3.63) is 41.5 Å². The van der Waals surface area contributed by atoms with Crippen molar-refractivity contribution in [3.63, 3.8) is 0 Å². The Balaban J connectivity index is 1.35. The van der Waals surface area contributed by atoms with E-state index >= 15 is 4.39 Å². The number of nitrogens with zero attached hydrogens (tertiary/aromatic N) is 5. The van der Waals surface area contributed by atoms with Crippen LogP contribution in [0.5, 0.6) is 17.6 Å². The number of rotatable bonds is 4. The lowest BCUT2D eigenvalue weighted by Crippen LogP contribution is -2.46. The molecule has 4 aromatic rings. The van der Waals surface area contributed by atoms with Crippen molar-refractivity contribution >= 4 is 27.5 Å². The highest BCUT2D eigenvalue weighted by molar-refractivity contribution is 6.04. The fourth-order valence-corrected chi connectivity index (χ4v) is 7.74. The fraction of sp³-hybridized carbons (Fsp3) is 0.441. The smallest absolute Gasteiger partial charge is 0.319 e. The molecule has 6 heterocycles. The average molecular weight is 632 g/mol. The first kappa shape index (κ1) is 29.1. The molecule has 4 aliphatic rings. The summed E-state index contributed by atoms with van der Waals surface area (Å²) in [6.07, 6.45) is 7.12. The molecule has 0 aliphatic carbocycles. The van der Waals surface area contributed by atoms with Crippen LogP contribution < -0.4 is 14.4 Å². The summed E-state index contributed by atoms with van der Waals surface area (Å²) in [5.41, 5.74) is -0.803. The maximum Gasteiger partial charge on any atom is 0.319 e. The number of halogens is 3. The molecule has 9 nitrogen and oxygen atoms in total. The number of phenolic OH excluding ortho intramolecular Hbond substituents is 1. The molecule has 2 aromatic carbocycles. The van der Waals surface area contributed by atoms with Crippen LogP contribution >= 0.6 is 0 Å². The van der Waals surface area contributed by atoms with Crippen LogP contribution in [0.4, 0.5) is 19.0 Å². The fourth-order valence-electron chi connectivity index (χ4n) is 7.74. The van der Waals surface area contributed by atoms with Gasteiger partial charge in [-0.1, -0.05) is 12.0 Å². The predicted octanol–water partition coefficient (Wildman–Crippen LogP) is 5.14. The van der Waals surface area contributed by atoms with E-state index in [1.807, 2.05) is 11.8 Å². The van der Waals surface area contributed by atoms with Gasteiger partial charge in [0, 0.05) is 37.1 Å². The zero-order chi connectivity index (χ0) is 31.7. The largest absolute Gasteiger partial charge is 0.508 e. The van der Waals surface area contributed by atoms with Crippen molar-refractivity contribution in [2.24, 2.45) is 0 Å². The highest BCUT2D eigenvalue weighted by Gasteiger charge is 2.49. The molecule has 0 saturated carbocycles. The summed E-state index contributed by atoms with van der Waals surface area (Å²) in [6, 6.07) is 5.07. The van der Waals surface area contributed by atoms with Gasteiger partial charge in [-0.2, -0.15) is 9.97 Å². The number of ether oxygens (including phenoxy) is 3. The molecule has 3 fully saturated rings. The molecular weight excluding hydrogens is 599 g/mol. The standard InChI is InChI=1S/C34H32F3N5O4/c1-3-22-24(36)7-6-19-12-21(43)13-23(26(19)22)29-28(37)30-27-31(42-10-5-11-44-16-25(42)18(2)46-32(27)38-29)40-33(39-30)45-17-34-8-4-9-41(34)15-20(35)14-34/h1,6-7,12-13,18,20,25,43H,4-5,8-11,14-17H2,2H3/t18?,20-,25+,34+/m1/s1. The third-order valence-corrected chi connectivity index (χ3v) is 9.88. The zero-order valence-electron chi connectivity index (χ0n) is 25.2. The molecule has 238 valence electrons. The quantitative estimate of drug-likeness (QED) is 0.308. The minimum Gasteiger partial charge on any atom is -0.508 e. The number of hydrogen-bond donors (Lipinski definition) is 1. The van der Waals surface area contributed by atoms with Crippen molar-refractivity contribution in [3.8, 4) is 41.2 Å². The van der Waals surface area contributed by atoms with Gasteiger partial charge < -0.3 is 24.2 Å². The predicted molar refractivity (Wildman–Crippen MR) is 165 cm³/mol. The third-order valence-electron chi connectivity index (χ3n) is 9.88. The Labute approximate surface area is 263 Å². The first-order chi connectivity index (χ1) is 22.3. The number of pyridine rings is 1. The lowest BCUT2D eigenvalue weighted by molar-refractivity contribution is 0.0919. The second-order valence-corrected chi connectivity index (χ2v) is 12.7. The normalized spacial score (nSPS) is 25.9. The van der Waals surface area contributed by atoms with E-state index < -0.39 is 29.4 Å². The van der Waals surface area contributed by atoms with E-state index in [1.54, 1.807) is 0 Å². The molecule has 8 rings (SSSR count). The van der Waals surface area contributed by atoms with Crippen LogP contribution in [0.1, 0.15) is 38.2 Å². The first-order valence-electron chi connectivity index (χ1n) is 15.6. The van der Waals surface area contributed by atoms with Crippen LogP contribution in [0.15, 0.2) is 24.3 Å². The highest BCUT2D eigenvalue weighted by Crippen LogP contribution is 2.45. The van der Waals surface area contributed by atoms with Crippen LogP contribution in [0.2, 0.25) is 0 Å². The van der Waals surface area contributed by atoms with Crippen molar-refractivity contribution in [2.75, 3.05) is 44.4 Å². The van der Waals surface area contributed by atoms with Gasteiger partial charge in [0.15, 0.2) is 5.82 Å². The molecule has 1 unspecified atom stereocenters. The number of anilines is 1. The average Bonchev–Trinajstić information content (AvgIpc) is 3.40. The number of phenols is 1. The van der Waals surface area contributed by atoms with Gasteiger partial charge in [-0.25, -0.2) is 18.2 Å². The van der Waals surface area contributed by atoms with E-state index in [9.17, 15) is 13.9 Å². The molecule has 0 bridgehead atoms. The van der Waals surface area contributed by atoms with Gasteiger partial charge in [0.25, 0.3) is 0 Å². The lowest BCUT2D eigenvalue weighted by Gasteiger charge is -2.32. The van der Waals surface area contributed by atoms with Gasteiger partial charge in [0.1, 0.15) is 52.9 Å². The van der Waals surface area contributed by atoms with Crippen LogP contribution in [-0.4, -0.2) is 88.3 Å². The Kier molecular flexibility index (Phi) is 6.88. The molecule has 12 heteroatoms. The molecule has 4 aliphatic heterocycles. The van der Waals surface area contributed by atoms with Crippen molar-refractivity contribution < 1.29 is 32.5 Å². The van der Waals surface area contributed by atoms with Crippen LogP contribution in [-0.2, 0) is 4.74 Å². The molecule has 1 N–H and O–H groups in total. The molecule has 4 atom stereocenters. The van der Waals surface area contributed by atoms with Gasteiger partial charge in [-0.3, -0.25) is 4.90 Å². The number of fused-ring (bicyclic) bond motifs is 4. The zero-order valence-corrected chi connectivity index (χ0v) is 25.2. The Morgan fingerprint density at radius 2 is 2.02 bits per heavy atom. The number of benzene rings is 2. The number of terminal acetylenes is 1. The van der Waals surface area contributed by atoms with E-state index in [-0.39, 0.29) is 63.4 Å². The SMILES string of the molecule is C#Cc1c(F)ccc2cc(O)cc(-c3nc4c5c(nc(OC[C@@]67CCCN6C[C@H](F)C7)nc5c3F)N3CCCOC[C@H]3C(C)O4)c12. The summed E-state index contributed by atoms with van der Waals surface area (Å²) in [7, 11) is 0. The van der Waals surface area contributed by atoms with E-state index in [0.29, 0.717) is 50.3 Å². The highest BCUT2D eigenvalue weighted by atomic mass is 19.1. The van der Waals surface area contributed by atoms with Crippen LogP contribution in [0.25, 0.3) is 32.9 Å². The molecule has 46 heavy (non-hydrogen) atoms. The van der Waals surface area contributed by atoms with Crippen molar-refractivity contribution in [1.29, 1.82) is 0 Å². The third kappa shape index (κ3) is 4.51. The molecule has 0 spiro atoms. The molecule has 0 radical (unpaired) electrons. The molecular formula is C34H32F3N5O4. The summed E-state index contributed by atoms with van der Waals surface area (Å²) in [6.45, 7) is 4.67. The van der Waals surface area contributed by atoms with Gasteiger partial charge in [0.05, 0.1) is 23.8 Å². The second kappa shape index (κ2) is 10.9. The first-order valence-corrected chi connectivity index (χ1v) is 15.6. The maximum atomic E-state index is 17.0. The summed E-state index contributed by atoms with van der Waals surface area (Å²) in [5.74, 6) is 1.17. The van der Waals surface area contributed by atoms with E-state index in [1.165, 1.54) is 24.3 Å². The maximum absolute atomic E-state index is 17.0.